The fraction of sp³-hybridized carbons (Fsp3) is 0.444. The molecular formula is C18H24N4O2. The molecule has 24 heavy (non-hydrogen) atoms. The van der Waals surface area contributed by atoms with Gasteiger partial charge in [0, 0.05) is 44.5 Å². The monoisotopic (exact) mass is 328 g/mol. The quantitative estimate of drug-likeness (QED) is 0.900. The molecule has 6 nitrogen and oxygen atoms in total. The summed E-state index contributed by atoms with van der Waals surface area (Å²) in [5, 5.41) is 10.4. The zero-order chi connectivity index (χ0) is 16.9. The molecule has 0 amide bonds. The van der Waals surface area contributed by atoms with Gasteiger partial charge in [-0.3, -0.25) is 4.90 Å². The van der Waals surface area contributed by atoms with E-state index in [2.05, 4.69) is 19.8 Å². The third-order valence-electron chi connectivity index (χ3n) is 4.30. The first-order chi connectivity index (χ1) is 11.7. The van der Waals surface area contributed by atoms with E-state index in [4.69, 9.17) is 4.74 Å². The van der Waals surface area contributed by atoms with Crippen molar-refractivity contribution in [3.63, 3.8) is 0 Å². The third-order valence-corrected chi connectivity index (χ3v) is 4.30. The Morgan fingerprint density at radius 3 is 2.50 bits per heavy atom. The smallest absolute Gasteiger partial charge is 0.228 e. The maximum absolute atomic E-state index is 10.4. The number of rotatable bonds is 5. The van der Waals surface area contributed by atoms with E-state index in [-0.39, 0.29) is 0 Å². The first kappa shape index (κ1) is 16.7. The summed E-state index contributed by atoms with van der Waals surface area (Å²) in [6.07, 6.45) is -0.451. The van der Waals surface area contributed by atoms with Crippen LogP contribution >= 0.6 is 0 Å². The van der Waals surface area contributed by atoms with Gasteiger partial charge in [0.25, 0.3) is 0 Å². The second kappa shape index (κ2) is 7.59. The summed E-state index contributed by atoms with van der Waals surface area (Å²) in [6, 6.07) is 11.6. The number of aryl methyl sites for hydroxylation is 1. The molecule has 1 N–H and O–H groups in total. The van der Waals surface area contributed by atoms with Crippen LogP contribution in [0, 0.1) is 6.92 Å². The number of aliphatic hydroxyl groups is 1. The Bertz CT molecular complexity index is 657. The van der Waals surface area contributed by atoms with Crippen molar-refractivity contribution in [2.75, 3.05) is 44.7 Å². The van der Waals surface area contributed by atoms with Crippen molar-refractivity contribution in [3.8, 4) is 5.88 Å². The number of anilines is 1. The lowest BCUT2D eigenvalue weighted by molar-refractivity contribution is 0.109. The number of ether oxygens (including phenoxy) is 1. The standard InChI is InChI=1S/C18H24N4O2/c1-14-12-17(24-2)20-18(19-14)22-10-8-21(9-11-22)13-16(23)15-6-4-3-5-7-15/h3-7,12,16,23H,8-11,13H2,1-2H3. The summed E-state index contributed by atoms with van der Waals surface area (Å²) in [5.74, 6) is 1.31. The Balaban J connectivity index is 1.57. The number of aromatic nitrogens is 2. The van der Waals surface area contributed by atoms with Crippen LogP contribution in [0.15, 0.2) is 36.4 Å². The Kier molecular flexibility index (Phi) is 5.27. The molecule has 128 valence electrons. The highest BCUT2D eigenvalue weighted by Gasteiger charge is 2.22. The molecule has 1 aromatic carbocycles. The number of β-amino-alcohol motifs (C(OH)–C–C–N with tert-alkyl or cyclic N) is 1. The van der Waals surface area contributed by atoms with Crippen molar-refractivity contribution in [2.24, 2.45) is 0 Å². The van der Waals surface area contributed by atoms with Gasteiger partial charge in [-0.05, 0) is 12.5 Å². The molecule has 1 aliphatic heterocycles. The molecule has 0 bridgehead atoms. The van der Waals surface area contributed by atoms with Crippen LogP contribution in [-0.4, -0.2) is 59.8 Å². The third kappa shape index (κ3) is 4.01. The average Bonchev–Trinajstić information content (AvgIpc) is 2.62. The van der Waals surface area contributed by atoms with Crippen molar-refractivity contribution in [1.82, 2.24) is 14.9 Å². The van der Waals surface area contributed by atoms with Crippen molar-refractivity contribution >= 4 is 5.95 Å². The van der Waals surface area contributed by atoms with E-state index in [1.54, 1.807) is 7.11 Å². The molecule has 1 saturated heterocycles. The molecule has 1 fully saturated rings. The molecule has 1 unspecified atom stereocenters. The molecule has 0 spiro atoms. The fourth-order valence-corrected chi connectivity index (χ4v) is 2.93. The molecule has 6 heteroatoms. The van der Waals surface area contributed by atoms with E-state index >= 15 is 0 Å². The van der Waals surface area contributed by atoms with Crippen molar-refractivity contribution in [2.45, 2.75) is 13.0 Å². The highest BCUT2D eigenvalue weighted by molar-refractivity contribution is 5.35. The van der Waals surface area contributed by atoms with Crippen LogP contribution in [0.1, 0.15) is 17.4 Å². The molecule has 1 aromatic heterocycles. The number of aliphatic hydroxyl groups excluding tert-OH is 1. The zero-order valence-corrected chi connectivity index (χ0v) is 14.2. The largest absolute Gasteiger partial charge is 0.481 e. The van der Waals surface area contributed by atoms with E-state index < -0.39 is 6.10 Å². The van der Waals surface area contributed by atoms with Gasteiger partial charge in [-0.1, -0.05) is 30.3 Å². The van der Waals surface area contributed by atoms with Gasteiger partial charge in [-0.15, -0.1) is 0 Å². The summed E-state index contributed by atoms with van der Waals surface area (Å²) in [4.78, 5) is 13.4. The van der Waals surface area contributed by atoms with Crippen LogP contribution in [0.3, 0.4) is 0 Å². The van der Waals surface area contributed by atoms with E-state index in [0.717, 1.165) is 43.4 Å². The molecule has 0 aliphatic carbocycles. The number of piperazine rings is 1. The summed E-state index contributed by atoms with van der Waals surface area (Å²) in [6.45, 7) is 6.03. The molecule has 3 rings (SSSR count). The molecule has 0 saturated carbocycles. The second-order valence-electron chi connectivity index (χ2n) is 6.07. The van der Waals surface area contributed by atoms with Crippen LogP contribution in [0.2, 0.25) is 0 Å². The molecule has 0 radical (unpaired) electrons. The summed E-state index contributed by atoms with van der Waals surface area (Å²) in [5.41, 5.74) is 1.87. The van der Waals surface area contributed by atoms with Gasteiger partial charge < -0.3 is 14.7 Å². The SMILES string of the molecule is COc1cc(C)nc(N2CCN(CC(O)c3ccccc3)CC2)n1. The van der Waals surface area contributed by atoms with Gasteiger partial charge in [0.15, 0.2) is 0 Å². The first-order valence-electron chi connectivity index (χ1n) is 8.25. The maximum atomic E-state index is 10.4. The van der Waals surface area contributed by atoms with Gasteiger partial charge >= 0.3 is 0 Å². The van der Waals surface area contributed by atoms with E-state index in [0.29, 0.717) is 12.4 Å². The van der Waals surface area contributed by atoms with Gasteiger partial charge in [0.2, 0.25) is 11.8 Å². The Labute approximate surface area is 142 Å². The van der Waals surface area contributed by atoms with Crippen molar-refractivity contribution < 1.29 is 9.84 Å². The van der Waals surface area contributed by atoms with Crippen LogP contribution in [0.4, 0.5) is 5.95 Å². The number of nitrogens with zero attached hydrogens (tertiary/aromatic N) is 4. The Morgan fingerprint density at radius 2 is 1.83 bits per heavy atom. The molecular weight excluding hydrogens is 304 g/mol. The predicted molar refractivity (Wildman–Crippen MR) is 93.4 cm³/mol. The normalized spacial score (nSPS) is 16.9. The lowest BCUT2D eigenvalue weighted by Crippen LogP contribution is -2.48. The van der Waals surface area contributed by atoms with Crippen LogP contribution in [0.25, 0.3) is 0 Å². The van der Waals surface area contributed by atoms with Gasteiger partial charge in [-0.2, -0.15) is 4.98 Å². The van der Waals surface area contributed by atoms with Crippen molar-refractivity contribution in [3.05, 3.63) is 47.7 Å². The van der Waals surface area contributed by atoms with Gasteiger partial charge in [0.05, 0.1) is 13.2 Å². The first-order valence-corrected chi connectivity index (χ1v) is 8.25. The summed E-state index contributed by atoms with van der Waals surface area (Å²) < 4.78 is 5.23. The average molecular weight is 328 g/mol. The predicted octanol–water partition coefficient (Wildman–Crippen LogP) is 1.65. The van der Waals surface area contributed by atoms with Crippen LogP contribution in [-0.2, 0) is 0 Å². The van der Waals surface area contributed by atoms with Gasteiger partial charge in [-0.25, -0.2) is 4.98 Å². The zero-order valence-electron chi connectivity index (χ0n) is 14.2. The summed E-state index contributed by atoms with van der Waals surface area (Å²) in [7, 11) is 1.62. The highest BCUT2D eigenvalue weighted by atomic mass is 16.5. The number of hydrogen-bond donors (Lipinski definition) is 1. The highest BCUT2D eigenvalue weighted by Crippen LogP contribution is 2.19. The fourth-order valence-electron chi connectivity index (χ4n) is 2.93. The maximum Gasteiger partial charge on any atom is 0.228 e. The lowest BCUT2D eigenvalue weighted by Gasteiger charge is -2.35. The van der Waals surface area contributed by atoms with E-state index in [1.165, 1.54) is 0 Å². The Morgan fingerprint density at radius 1 is 1.12 bits per heavy atom. The van der Waals surface area contributed by atoms with E-state index in [1.807, 2.05) is 43.3 Å². The molecule has 2 heterocycles. The number of benzene rings is 1. The summed E-state index contributed by atoms with van der Waals surface area (Å²) >= 11 is 0. The van der Waals surface area contributed by atoms with Crippen LogP contribution < -0.4 is 9.64 Å². The molecule has 1 atom stereocenters. The van der Waals surface area contributed by atoms with E-state index in [9.17, 15) is 5.11 Å². The topological polar surface area (TPSA) is 61.7 Å². The van der Waals surface area contributed by atoms with Crippen LogP contribution in [0.5, 0.6) is 5.88 Å². The minimum Gasteiger partial charge on any atom is -0.481 e. The second-order valence-corrected chi connectivity index (χ2v) is 6.07. The van der Waals surface area contributed by atoms with Crippen molar-refractivity contribution in [1.29, 1.82) is 0 Å². The minimum absolute atomic E-state index is 0.451. The Hall–Kier alpha value is -2.18. The molecule has 1 aliphatic rings. The number of hydrogen-bond acceptors (Lipinski definition) is 6. The number of methoxy groups -OCH3 is 1. The lowest BCUT2D eigenvalue weighted by atomic mass is 10.1. The molecule has 2 aromatic rings. The minimum atomic E-state index is -0.451. The van der Waals surface area contributed by atoms with Gasteiger partial charge in [0.1, 0.15) is 0 Å².